The lowest BCUT2D eigenvalue weighted by Gasteiger charge is -2.43. The van der Waals surface area contributed by atoms with E-state index >= 15 is 0 Å². The minimum atomic E-state index is -0.913. The molecule has 0 heterocycles. The first-order valence-electron chi connectivity index (χ1n) is 15.6. The van der Waals surface area contributed by atoms with Gasteiger partial charge in [0.25, 0.3) is 0 Å². The van der Waals surface area contributed by atoms with Crippen molar-refractivity contribution < 1.29 is 0 Å². The van der Waals surface area contributed by atoms with Crippen molar-refractivity contribution in [2.24, 2.45) is 0 Å². The van der Waals surface area contributed by atoms with Crippen LogP contribution in [-0.2, 0) is 16.6 Å². The van der Waals surface area contributed by atoms with E-state index < -0.39 is 6.15 Å². The van der Waals surface area contributed by atoms with Crippen LogP contribution >= 0.6 is 11.6 Å². The van der Waals surface area contributed by atoms with Gasteiger partial charge >= 0.3 is 0 Å². The van der Waals surface area contributed by atoms with Crippen LogP contribution in [0, 0.1) is 0 Å². The van der Waals surface area contributed by atoms with Crippen LogP contribution in [0.15, 0.2) is 186 Å². The summed E-state index contributed by atoms with van der Waals surface area (Å²) >= 11 is 5.98. The molecule has 0 aliphatic rings. The van der Waals surface area contributed by atoms with E-state index in [1.54, 1.807) is 0 Å². The molecule has 220 valence electrons. The summed E-state index contributed by atoms with van der Waals surface area (Å²) in [6.07, 6.45) is 2.73. The van der Waals surface area contributed by atoms with Gasteiger partial charge in [-0.2, -0.15) is 22.7 Å². The molecule has 0 nitrogen and oxygen atoms in total. The van der Waals surface area contributed by atoms with E-state index in [0.717, 1.165) is 10.8 Å². The van der Waals surface area contributed by atoms with E-state index in [-0.39, 0.29) is 10.9 Å². The number of halogens is 1. The van der Waals surface area contributed by atoms with E-state index in [1.807, 2.05) is 12.1 Å². The molecule has 6 rings (SSSR count). The summed E-state index contributed by atoms with van der Waals surface area (Å²) in [6.45, 7) is 2.28. The van der Waals surface area contributed by atoms with Crippen molar-refractivity contribution in [3.63, 3.8) is 0 Å². The van der Waals surface area contributed by atoms with Crippen molar-refractivity contribution in [2.75, 3.05) is 0 Å². The highest BCUT2D eigenvalue weighted by Gasteiger charge is 2.29. The van der Waals surface area contributed by atoms with Crippen LogP contribution in [-0.4, -0.2) is 6.15 Å². The van der Waals surface area contributed by atoms with Crippen molar-refractivity contribution in [1.82, 2.24) is 0 Å². The van der Waals surface area contributed by atoms with E-state index in [9.17, 15) is 0 Å². The van der Waals surface area contributed by atoms with Crippen LogP contribution in [0.4, 0.5) is 0 Å². The molecule has 0 aliphatic heterocycles. The third-order valence-corrected chi connectivity index (χ3v) is 10.9. The highest BCUT2D eigenvalue weighted by Crippen LogP contribution is 2.27. The third kappa shape index (κ3) is 7.94. The standard InChI is InChI=1S/C22H24B.C19H16ClS/c1-2-3-19-23(20-13-7-4-8-14-20,21-15-9-5-10-16-21)22-17-11-6-12-18-22;20-17-13-11-16(12-14-17)15-21(18-7-3-1-4-8-18)19-9-5-2-6-10-19/h4-18H,2-3,19H2,1H3;1-14H,15H2/q-1;+1. The van der Waals surface area contributed by atoms with E-state index in [1.165, 1.54) is 50.9 Å². The van der Waals surface area contributed by atoms with Crippen molar-refractivity contribution in [2.45, 2.75) is 41.6 Å². The van der Waals surface area contributed by atoms with Crippen molar-refractivity contribution >= 4 is 45.0 Å². The number of hydrogen-bond acceptors (Lipinski definition) is 0. The van der Waals surface area contributed by atoms with E-state index in [2.05, 4.69) is 171 Å². The summed E-state index contributed by atoms with van der Waals surface area (Å²) in [5.41, 5.74) is 5.64. The first kappa shape index (κ1) is 31.4. The van der Waals surface area contributed by atoms with Gasteiger partial charge in [0, 0.05) is 10.6 Å². The molecule has 0 bridgehead atoms. The molecule has 6 aromatic rings. The highest BCUT2D eigenvalue weighted by atomic mass is 35.5. The van der Waals surface area contributed by atoms with Crippen LogP contribution in [0.5, 0.6) is 0 Å². The summed E-state index contributed by atoms with van der Waals surface area (Å²) < 4.78 is 0. The Labute approximate surface area is 272 Å². The molecule has 0 N–H and O–H groups in total. The van der Waals surface area contributed by atoms with Crippen LogP contribution < -0.4 is 16.4 Å². The molecule has 0 aromatic heterocycles. The largest absolute Gasteiger partial charge is 0.200 e. The Hall–Kier alpha value is -3.98. The van der Waals surface area contributed by atoms with Crippen molar-refractivity contribution in [1.29, 1.82) is 0 Å². The minimum absolute atomic E-state index is 0.0481. The molecule has 0 radical (unpaired) electrons. The molecule has 0 fully saturated rings. The van der Waals surface area contributed by atoms with Gasteiger partial charge in [-0.3, -0.25) is 0 Å². The molecule has 6 aromatic carbocycles. The smallest absolute Gasteiger partial charge is 0.161 e. The van der Waals surface area contributed by atoms with Gasteiger partial charge in [0.1, 0.15) is 5.75 Å². The van der Waals surface area contributed by atoms with Gasteiger partial charge in [-0.15, -0.1) is 0 Å². The molecule has 44 heavy (non-hydrogen) atoms. The second-order valence-corrected chi connectivity index (χ2v) is 13.7. The fraction of sp³-hybridized carbons (Fsp3) is 0.122. The highest BCUT2D eigenvalue weighted by molar-refractivity contribution is 7.96. The zero-order chi connectivity index (χ0) is 30.5. The predicted molar refractivity (Wildman–Crippen MR) is 196 cm³/mol. The molecule has 0 spiro atoms. The van der Waals surface area contributed by atoms with E-state index in [4.69, 9.17) is 11.6 Å². The van der Waals surface area contributed by atoms with Crippen LogP contribution in [0.25, 0.3) is 0 Å². The summed E-state index contributed by atoms with van der Waals surface area (Å²) in [6, 6.07) is 62.8. The molecule has 0 amide bonds. The number of unbranched alkanes of at least 4 members (excludes halogenated alkanes) is 1. The molecule has 0 unspecified atom stereocenters. The zero-order valence-electron chi connectivity index (χ0n) is 25.4. The van der Waals surface area contributed by atoms with Gasteiger partial charge in [-0.05, 0) is 36.4 Å². The third-order valence-electron chi connectivity index (χ3n) is 8.38. The number of rotatable bonds is 10. The normalized spacial score (nSPS) is 11.1. The Morgan fingerprint density at radius 3 is 1.20 bits per heavy atom. The first-order valence-corrected chi connectivity index (χ1v) is 17.4. The summed E-state index contributed by atoms with van der Waals surface area (Å²) in [5, 5.41) is 0.790. The lowest BCUT2D eigenvalue weighted by molar-refractivity contribution is 0.874. The topological polar surface area (TPSA) is 0 Å². The fourth-order valence-corrected chi connectivity index (χ4v) is 8.38. The molecular formula is C41H40BClS. The lowest BCUT2D eigenvalue weighted by Crippen LogP contribution is -2.66. The average molecular weight is 611 g/mol. The summed E-state index contributed by atoms with van der Waals surface area (Å²) in [7, 11) is 0.0481. The first-order chi connectivity index (χ1) is 21.7. The monoisotopic (exact) mass is 610 g/mol. The number of benzene rings is 6. The fourth-order valence-electron chi connectivity index (χ4n) is 6.15. The Kier molecular flexibility index (Phi) is 11.6. The van der Waals surface area contributed by atoms with Gasteiger partial charge in [-0.25, -0.2) is 0 Å². The quantitative estimate of drug-likeness (QED) is 0.107. The molecule has 0 aliphatic carbocycles. The Morgan fingerprint density at radius 2 is 0.841 bits per heavy atom. The SMILES string of the molecule is CCCC[B-](c1ccccc1)(c1ccccc1)c1ccccc1.Clc1ccc(C[S+](c2ccccc2)c2ccccc2)cc1. The summed E-state index contributed by atoms with van der Waals surface area (Å²) in [5.74, 6) is 1.01. The van der Waals surface area contributed by atoms with Gasteiger partial charge in [0.05, 0.1) is 17.0 Å². The van der Waals surface area contributed by atoms with Gasteiger partial charge in [0.2, 0.25) is 0 Å². The maximum absolute atomic E-state index is 5.98. The van der Waals surface area contributed by atoms with Crippen molar-refractivity contribution in [3.05, 3.63) is 187 Å². The Bertz CT molecular complexity index is 1510. The molecule has 0 saturated carbocycles. The predicted octanol–water partition coefficient (Wildman–Crippen LogP) is 9.53. The van der Waals surface area contributed by atoms with Gasteiger partial charge in [0.15, 0.2) is 9.79 Å². The Morgan fingerprint density at radius 1 is 0.477 bits per heavy atom. The Balaban J connectivity index is 0.000000175. The maximum Gasteiger partial charge on any atom is 0.161 e. The lowest BCUT2D eigenvalue weighted by atomic mass is 9.14. The minimum Gasteiger partial charge on any atom is -0.200 e. The summed E-state index contributed by atoms with van der Waals surface area (Å²) in [4.78, 5) is 2.75. The van der Waals surface area contributed by atoms with Crippen molar-refractivity contribution in [3.8, 4) is 0 Å². The van der Waals surface area contributed by atoms with Gasteiger partial charge in [-0.1, -0.05) is 171 Å². The molecule has 0 atom stereocenters. The van der Waals surface area contributed by atoms with Crippen LogP contribution in [0.2, 0.25) is 11.3 Å². The second-order valence-electron chi connectivity index (χ2n) is 11.2. The maximum atomic E-state index is 5.98. The molecule has 0 saturated heterocycles. The average Bonchev–Trinajstić information content (AvgIpc) is 3.11. The zero-order valence-corrected chi connectivity index (χ0v) is 27.0. The number of hydrogen-bond donors (Lipinski definition) is 0. The van der Waals surface area contributed by atoms with Gasteiger partial charge < -0.3 is 0 Å². The molecule has 3 heteroatoms. The van der Waals surface area contributed by atoms with Crippen LogP contribution in [0.1, 0.15) is 25.3 Å². The molecular weight excluding hydrogens is 571 g/mol. The second kappa shape index (κ2) is 16.2. The van der Waals surface area contributed by atoms with Crippen LogP contribution in [0.3, 0.4) is 0 Å². The van der Waals surface area contributed by atoms with E-state index in [0.29, 0.717) is 0 Å².